The molecule has 0 aromatic heterocycles. The van der Waals surface area contributed by atoms with Crippen LogP contribution in [0.2, 0.25) is 36.3 Å². The maximum absolute atomic E-state index is 2.65. The van der Waals surface area contributed by atoms with Crippen LogP contribution in [0.15, 0.2) is 41.3 Å². The first kappa shape index (κ1) is 26.1. The van der Waals surface area contributed by atoms with E-state index in [-0.39, 0.29) is 24.8 Å². The number of rotatable bonds is 10. The fourth-order valence-corrected chi connectivity index (χ4v) is 23.2. The molecule has 2 aliphatic carbocycles. The molecule has 0 N–H and O–H groups in total. The Kier molecular flexibility index (Phi) is 10.5. The van der Waals surface area contributed by atoms with Gasteiger partial charge in [0.2, 0.25) is 0 Å². The van der Waals surface area contributed by atoms with Gasteiger partial charge in [0.15, 0.2) is 0 Å². The van der Waals surface area contributed by atoms with Gasteiger partial charge in [-0.3, -0.25) is 0 Å². The van der Waals surface area contributed by atoms with Crippen LogP contribution >= 0.6 is 0 Å². The molecular weight excluding hydrogens is 507 g/mol. The van der Waals surface area contributed by atoms with E-state index in [4.69, 9.17) is 0 Å². The third kappa shape index (κ3) is 5.27. The number of allylic oxidation sites excluding steroid dienone is 8. The number of halogens is 2. The molecule has 4 aliphatic rings. The summed E-state index contributed by atoms with van der Waals surface area (Å²) < 4.78 is 4.08. The van der Waals surface area contributed by atoms with Crippen molar-refractivity contribution in [3.05, 3.63) is 41.3 Å². The van der Waals surface area contributed by atoms with Crippen molar-refractivity contribution in [2.75, 3.05) is 0 Å². The van der Waals surface area contributed by atoms with Gasteiger partial charge in [-0.1, -0.05) is 0 Å². The molecule has 2 heterocycles. The molecule has 2 aliphatic heterocycles. The van der Waals surface area contributed by atoms with Gasteiger partial charge < -0.3 is 24.8 Å². The minimum Gasteiger partial charge on any atom is -1.00 e. The first-order chi connectivity index (χ1) is 13.2. The van der Waals surface area contributed by atoms with Gasteiger partial charge in [0.25, 0.3) is 0 Å². The second-order valence-electron chi connectivity index (χ2n) is 9.60. The van der Waals surface area contributed by atoms with Crippen molar-refractivity contribution in [2.45, 2.75) is 101 Å². The monoisotopic (exact) mass is 542 g/mol. The smallest absolute Gasteiger partial charge is 1.00 e. The van der Waals surface area contributed by atoms with Crippen LogP contribution in [0.5, 0.6) is 0 Å². The molecule has 0 amide bonds. The van der Waals surface area contributed by atoms with Crippen LogP contribution in [0.25, 0.3) is 0 Å². The Morgan fingerprint density at radius 2 is 1.14 bits per heavy atom. The van der Waals surface area contributed by atoms with Crippen molar-refractivity contribution in [3.63, 3.8) is 0 Å². The molecule has 0 aromatic rings. The molecule has 0 radical (unpaired) electrons. The molecule has 0 aromatic carbocycles. The second-order valence-corrected chi connectivity index (χ2v) is 22.4. The van der Waals surface area contributed by atoms with Crippen LogP contribution < -0.4 is 24.8 Å². The number of unbranched alkanes of at least 4 members (excludes halogenated alkanes) is 2. The van der Waals surface area contributed by atoms with Gasteiger partial charge >= 0.3 is 182 Å². The van der Waals surface area contributed by atoms with E-state index in [1.165, 1.54) is 51.4 Å². The average molecular weight is 545 g/mol. The summed E-state index contributed by atoms with van der Waals surface area (Å²) in [4.78, 5) is 0. The van der Waals surface area contributed by atoms with Crippen LogP contribution in [-0.2, 0) is 23.2 Å². The van der Waals surface area contributed by atoms with E-state index in [2.05, 4.69) is 38.2 Å². The summed E-state index contributed by atoms with van der Waals surface area (Å²) in [5.41, 5.74) is 0. The Morgan fingerprint density at radius 1 is 0.724 bits per heavy atom. The predicted molar refractivity (Wildman–Crippen MR) is 121 cm³/mol. The maximum atomic E-state index is 2.65. The summed E-state index contributed by atoms with van der Waals surface area (Å²) in [6, 6.07) is 9.69. The van der Waals surface area contributed by atoms with E-state index in [1.807, 2.05) is 17.0 Å². The summed E-state index contributed by atoms with van der Waals surface area (Å²) in [6.07, 6.45) is 21.9. The largest absolute Gasteiger partial charge is 1.00 e. The first-order valence-corrected chi connectivity index (χ1v) is 19.5. The minimum absolute atomic E-state index is 0. The van der Waals surface area contributed by atoms with Gasteiger partial charge in [0.05, 0.1) is 0 Å². The molecular formula is C24H38Cl2Si2Zr. The Balaban J connectivity index is 0.00000150. The van der Waals surface area contributed by atoms with Crippen LogP contribution in [0.3, 0.4) is 0 Å². The van der Waals surface area contributed by atoms with E-state index in [0.717, 1.165) is 0 Å². The van der Waals surface area contributed by atoms with Gasteiger partial charge in [-0.25, -0.2) is 0 Å². The quantitative estimate of drug-likeness (QED) is 0.369. The summed E-state index contributed by atoms with van der Waals surface area (Å²) in [6.45, 7) is 4.77. The molecule has 29 heavy (non-hydrogen) atoms. The summed E-state index contributed by atoms with van der Waals surface area (Å²) >= 11 is -0.525. The van der Waals surface area contributed by atoms with E-state index >= 15 is 0 Å². The molecule has 0 nitrogen and oxygen atoms in total. The molecule has 4 rings (SSSR count). The third-order valence-electron chi connectivity index (χ3n) is 7.95. The number of hydrogen-bond donors (Lipinski definition) is 0. The number of hydrogen-bond acceptors (Lipinski definition) is 0. The van der Waals surface area contributed by atoms with Gasteiger partial charge in [-0.05, 0) is 0 Å². The van der Waals surface area contributed by atoms with Crippen molar-refractivity contribution < 1.29 is 48.0 Å². The van der Waals surface area contributed by atoms with Crippen LogP contribution in [0.4, 0.5) is 0 Å². The van der Waals surface area contributed by atoms with Crippen molar-refractivity contribution >= 4 is 16.1 Å². The predicted octanol–water partition coefficient (Wildman–Crippen LogP) is 1.89. The van der Waals surface area contributed by atoms with E-state index in [9.17, 15) is 0 Å². The second kappa shape index (κ2) is 11.6. The Morgan fingerprint density at radius 3 is 1.45 bits per heavy atom. The van der Waals surface area contributed by atoms with Gasteiger partial charge in [-0.15, -0.1) is 0 Å². The molecule has 2 saturated heterocycles. The Labute approximate surface area is 205 Å². The van der Waals surface area contributed by atoms with Crippen LogP contribution in [0, 0.1) is 0 Å². The van der Waals surface area contributed by atoms with Crippen LogP contribution in [0.1, 0.15) is 65.2 Å². The van der Waals surface area contributed by atoms with E-state index < -0.39 is 39.4 Å². The summed E-state index contributed by atoms with van der Waals surface area (Å²) in [5.74, 6) is 0. The Bertz CT molecular complexity index is 627. The fourth-order valence-electron chi connectivity index (χ4n) is 5.97. The van der Waals surface area contributed by atoms with Crippen molar-refractivity contribution in [2.24, 2.45) is 0 Å². The van der Waals surface area contributed by atoms with Gasteiger partial charge in [0, 0.05) is 0 Å². The van der Waals surface area contributed by atoms with Crippen molar-refractivity contribution in [3.8, 4) is 0 Å². The van der Waals surface area contributed by atoms with Crippen LogP contribution in [-0.4, -0.2) is 16.1 Å². The Hall–Kier alpha value is 0.857. The third-order valence-corrected chi connectivity index (χ3v) is 24.1. The first-order valence-electron chi connectivity index (χ1n) is 11.8. The average Bonchev–Trinajstić information content (AvgIpc) is 3.25. The zero-order valence-electron chi connectivity index (χ0n) is 18.5. The van der Waals surface area contributed by atoms with E-state index in [0.29, 0.717) is 0 Å². The molecule has 0 atom stereocenters. The molecule has 160 valence electrons. The van der Waals surface area contributed by atoms with E-state index in [1.54, 1.807) is 36.3 Å². The van der Waals surface area contributed by atoms with Gasteiger partial charge in [-0.2, -0.15) is 0 Å². The zero-order valence-corrected chi connectivity index (χ0v) is 24.4. The van der Waals surface area contributed by atoms with Gasteiger partial charge in [0.1, 0.15) is 0 Å². The fraction of sp³-hybridized carbons (Fsp3) is 0.667. The molecule has 0 unspecified atom stereocenters. The van der Waals surface area contributed by atoms with Crippen molar-refractivity contribution in [1.82, 2.24) is 0 Å². The summed E-state index contributed by atoms with van der Waals surface area (Å²) in [5, 5.41) is 4.01. The normalized spacial score (nSPS) is 23.2. The zero-order chi connectivity index (χ0) is 18.7. The molecule has 0 bridgehead atoms. The molecule has 5 heteroatoms. The minimum atomic E-state index is -1.05. The van der Waals surface area contributed by atoms with Crippen molar-refractivity contribution in [1.29, 1.82) is 0 Å². The maximum Gasteiger partial charge on any atom is -1.00 e. The molecule has 2 fully saturated rings. The standard InChI is InChI=1S/2C12H19Si.2ClH.Zr/c2*1-2-3-9-13(10-6-11-13)12-7-4-5-8-12;;;/h2*4,7H,2-3,5-6,9-11H2,1H3;2*1H;/q;;;;+2/p-2. The molecule has 0 spiro atoms. The topological polar surface area (TPSA) is 0 Å². The molecule has 0 saturated carbocycles. The SMILES string of the molecule is CCCC[Si]1(C2=[C]([Zr+2][C]3=C([Si]4(CCCC)CCC4)C=CC3)CC=C2)CCC1.[Cl-].[Cl-]. The summed E-state index contributed by atoms with van der Waals surface area (Å²) in [7, 11) is -2.09.